The highest BCUT2D eigenvalue weighted by Crippen LogP contribution is 2.46. The van der Waals surface area contributed by atoms with E-state index in [2.05, 4.69) is 16.5 Å². The van der Waals surface area contributed by atoms with Gasteiger partial charge in [-0.3, -0.25) is 0 Å². The smallest absolute Gasteiger partial charge is 0.340 e. The average Bonchev–Trinajstić information content (AvgIpc) is 2.72. The van der Waals surface area contributed by atoms with E-state index in [0.29, 0.717) is 29.0 Å². The zero-order valence-electron chi connectivity index (χ0n) is 16.4. The topological polar surface area (TPSA) is 96.6 Å². The van der Waals surface area contributed by atoms with Gasteiger partial charge in [0.05, 0.1) is 24.7 Å². The molecule has 152 valence electrons. The van der Waals surface area contributed by atoms with E-state index in [9.17, 15) is 4.79 Å². The third-order valence-electron chi connectivity index (χ3n) is 4.14. The second kappa shape index (κ2) is 9.47. The lowest BCUT2D eigenvalue weighted by atomic mass is 9.84. The van der Waals surface area contributed by atoms with Crippen LogP contribution in [-0.4, -0.2) is 34.9 Å². The van der Waals surface area contributed by atoms with E-state index in [0.717, 1.165) is 5.56 Å². The SMILES string of the molecule is C=CCSc1nc(OCC)c2c(n1)OC(N)=C(C(=O)OCC)[C@@H]2c1ccccc1. The summed E-state index contributed by atoms with van der Waals surface area (Å²) >= 11 is 1.40. The molecule has 0 saturated carbocycles. The number of hydrogen-bond acceptors (Lipinski definition) is 8. The predicted octanol–water partition coefficient (Wildman–Crippen LogP) is 3.41. The summed E-state index contributed by atoms with van der Waals surface area (Å²) in [4.78, 5) is 21.8. The number of benzene rings is 1. The fourth-order valence-electron chi connectivity index (χ4n) is 3.03. The van der Waals surface area contributed by atoms with Gasteiger partial charge in [-0.25, -0.2) is 4.79 Å². The molecular weight excluding hydrogens is 390 g/mol. The summed E-state index contributed by atoms with van der Waals surface area (Å²) in [6, 6.07) is 9.48. The van der Waals surface area contributed by atoms with Crippen LogP contribution in [0.25, 0.3) is 0 Å². The molecule has 2 heterocycles. The molecule has 0 amide bonds. The van der Waals surface area contributed by atoms with Crippen molar-refractivity contribution in [2.45, 2.75) is 24.9 Å². The molecule has 3 rings (SSSR count). The molecule has 29 heavy (non-hydrogen) atoms. The first-order valence-corrected chi connectivity index (χ1v) is 10.3. The van der Waals surface area contributed by atoms with Crippen LogP contribution >= 0.6 is 11.8 Å². The van der Waals surface area contributed by atoms with Gasteiger partial charge in [-0.15, -0.1) is 6.58 Å². The Labute approximate surface area is 174 Å². The highest BCUT2D eigenvalue weighted by atomic mass is 32.2. The molecule has 1 aromatic heterocycles. The predicted molar refractivity (Wildman–Crippen MR) is 111 cm³/mol. The number of rotatable bonds is 8. The van der Waals surface area contributed by atoms with Crippen LogP contribution in [0.5, 0.6) is 11.8 Å². The van der Waals surface area contributed by atoms with Gasteiger partial charge in [0.2, 0.25) is 17.6 Å². The van der Waals surface area contributed by atoms with Crippen molar-refractivity contribution in [2.24, 2.45) is 5.73 Å². The van der Waals surface area contributed by atoms with Gasteiger partial charge in [-0.05, 0) is 19.4 Å². The summed E-state index contributed by atoms with van der Waals surface area (Å²) in [7, 11) is 0. The summed E-state index contributed by atoms with van der Waals surface area (Å²) in [6.45, 7) is 7.93. The van der Waals surface area contributed by atoms with Crippen molar-refractivity contribution >= 4 is 17.7 Å². The first-order valence-electron chi connectivity index (χ1n) is 9.28. The Hall–Kier alpha value is -3.00. The van der Waals surface area contributed by atoms with Crippen molar-refractivity contribution in [2.75, 3.05) is 19.0 Å². The Balaban J connectivity index is 2.21. The molecule has 7 nitrogen and oxygen atoms in total. The molecular formula is C21H23N3O4S. The minimum absolute atomic E-state index is 0.0365. The van der Waals surface area contributed by atoms with E-state index in [-0.39, 0.29) is 23.9 Å². The summed E-state index contributed by atoms with van der Waals surface area (Å²) in [5, 5.41) is 0.478. The van der Waals surface area contributed by atoms with E-state index in [1.165, 1.54) is 11.8 Å². The van der Waals surface area contributed by atoms with Crippen LogP contribution in [0.3, 0.4) is 0 Å². The van der Waals surface area contributed by atoms with E-state index in [1.54, 1.807) is 13.0 Å². The lowest BCUT2D eigenvalue weighted by Crippen LogP contribution is -2.29. The second-order valence-corrected chi connectivity index (χ2v) is 6.99. The van der Waals surface area contributed by atoms with Crippen molar-refractivity contribution in [3.8, 4) is 11.8 Å². The Kier molecular flexibility index (Phi) is 6.77. The number of esters is 1. The molecule has 0 radical (unpaired) electrons. The van der Waals surface area contributed by atoms with E-state index >= 15 is 0 Å². The Morgan fingerprint density at radius 3 is 2.69 bits per heavy atom. The van der Waals surface area contributed by atoms with Gasteiger partial charge >= 0.3 is 5.97 Å². The molecule has 0 unspecified atom stereocenters. The zero-order chi connectivity index (χ0) is 20.8. The van der Waals surface area contributed by atoms with Gasteiger partial charge in [0.15, 0.2) is 5.16 Å². The minimum Gasteiger partial charge on any atom is -0.478 e. The number of nitrogens with two attached hydrogens (primary N) is 1. The van der Waals surface area contributed by atoms with Crippen molar-refractivity contribution in [1.82, 2.24) is 9.97 Å². The van der Waals surface area contributed by atoms with Crippen LogP contribution in [0.15, 0.2) is 59.6 Å². The number of aromatic nitrogens is 2. The van der Waals surface area contributed by atoms with Crippen molar-refractivity contribution in [1.29, 1.82) is 0 Å². The quantitative estimate of drug-likeness (QED) is 0.304. The fraction of sp³-hybridized carbons (Fsp3) is 0.286. The summed E-state index contributed by atoms with van der Waals surface area (Å²) in [6.07, 6.45) is 1.76. The molecule has 1 aliphatic heterocycles. The lowest BCUT2D eigenvalue weighted by Gasteiger charge is -2.28. The zero-order valence-corrected chi connectivity index (χ0v) is 17.2. The molecule has 1 aromatic carbocycles. The van der Waals surface area contributed by atoms with Gasteiger partial charge in [0.1, 0.15) is 5.57 Å². The van der Waals surface area contributed by atoms with Crippen LogP contribution in [0, 0.1) is 0 Å². The molecule has 8 heteroatoms. The normalized spacial score (nSPS) is 15.3. The van der Waals surface area contributed by atoms with Crippen molar-refractivity contribution < 1.29 is 19.0 Å². The summed E-state index contributed by atoms with van der Waals surface area (Å²) in [5.41, 5.74) is 7.76. The van der Waals surface area contributed by atoms with Gasteiger partial charge in [0.25, 0.3) is 0 Å². The fourth-order valence-corrected chi connectivity index (χ4v) is 3.59. The Bertz CT molecular complexity index is 931. The standard InChI is InChI=1S/C21H23N3O4S/c1-4-12-29-21-23-18(26-5-2)16-14(13-10-8-7-9-11-13)15(20(25)27-6-3)17(22)28-19(16)24-21/h4,7-11,14H,1,5-6,12,22H2,2-3H3/t14-/m0/s1. The van der Waals surface area contributed by atoms with E-state index in [4.69, 9.17) is 19.9 Å². The van der Waals surface area contributed by atoms with Crippen LogP contribution < -0.4 is 15.2 Å². The third-order valence-corrected chi connectivity index (χ3v) is 4.99. The molecule has 0 saturated heterocycles. The van der Waals surface area contributed by atoms with Gasteiger partial charge in [-0.1, -0.05) is 48.2 Å². The highest BCUT2D eigenvalue weighted by molar-refractivity contribution is 7.99. The van der Waals surface area contributed by atoms with Crippen LogP contribution in [0.4, 0.5) is 0 Å². The average molecular weight is 413 g/mol. The summed E-state index contributed by atoms with van der Waals surface area (Å²) in [5.74, 6) is 0.106. The third kappa shape index (κ3) is 4.37. The number of thioether (sulfide) groups is 1. The first-order chi connectivity index (χ1) is 14.1. The molecule has 1 aliphatic rings. The molecule has 0 bridgehead atoms. The number of ether oxygens (including phenoxy) is 3. The second-order valence-electron chi connectivity index (χ2n) is 6.01. The monoisotopic (exact) mass is 413 g/mol. The highest BCUT2D eigenvalue weighted by Gasteiger charge is 2.39. The number of hydrogen-bond donors (Lipinski definition) is 1. The van der Waals surface area contributed by atoms with Gasteiger partial charge < -0.3 is 19.9 Å². The van der Waals surface area contributed by atoms with Gasteiger partial charge in [0, 0.05) is 5.75 Å². The van der Waals surface area contributed by atoms with Crippen molar-refractivity contribution in [3.63, 3.8) is 0 Å². The largest absolute Gasteiger partial charge is 0.478 e. The van der Waals surface area contributed by atoms with Crippen LogP contribution in [0.1, 0.15) is 30.9 Å². The lowest BCUT2D eigenvalue weighted by molar-refractivity contribution is -0.139. The summed E-state index contributed by atoms with van der Waals surface area (Å²) < 4.78 is 16.8. The maximum Gasteiger partial charge on any atom is 0.340 e. The number of carbonyl (C=O) groups excluding carboxylic acids is 1. The maximum atomic E-state index is 12.7. The number of nitrogens with zero attached hydrogens (tertiary/aromatic N) is 2. The maximum absolute atomic E-state index is 12.7. The van der Waals surface area contributed by atoms with Gasteiger partial charge in [-0.2, -0.15) is 9.97 Å². The Morgan fingerprint density at radius 1 is 1.28 bits per heavy atom. The van der Waals surface area contributed by atoms with E-state index < -0.39 is 11.9 Å². The molecule has 1 atom stereocenters. The van der Waals surface area contributed by atoms with Crippen molar-refractivity contribution in [3.05, 3.63) is 65.6 Å². The molecule has 2 aromatic rings. The molecule has 0 fully saturated rings. The number of fused-ring (bicyclic) bond motifs is 1. The Morgan fingerprint density at radius 2 is 2.03 bits per heavy atom. The number of carbonyl (C=O) groups is 1. The molecule has 0 spiro atoms. The van der Waals surface area contributed by atoms with Crippen LogP contribution in [-0.2, 0) is 9.53 Å². The van der Waals surface area contributed by atoms with Crippen LogP contribution in [0.2, 0.25) is 0 Å². The van der Waals surface area contributed by atoms with E-state index in [1.807, 2.05) is 37.3 Å². The molecule has 2 N–H and O–H groups in total. The minimum atomic E-state index is -0.570. The molecule has 0 aliphatic carbocycles. The first kappa shape index (κ1) is 20.7.